The molecule has 38 heavy (non-hydrogen) atoms. The lowest BCUT2D eigenvalue weighted by molar-refractivity contribution is -0.191. The van der Waals surface area contributed by atoms with Gasteiger partial charge < -0.3 is 4.90 Å². The summed E-state index contributed by atoms with van der Waals surface area (Å²) >= 11 is 0. The van der Waals surface area contributed by atoms with Gasteiger partial charge in [-0.15, -0.1) is 15.3 Å². The number of aromatic nitrogens is 6. The second-order valence-electron chi connectivity index (χ2n) is 9.50. The number of rotatable bonds is 6. The predicted molar refractivity (Wildman–Crippen MR) is 138 cm³/mol. The Labute approximate surface area is 221 Å². The number of fused-ring (bicyclic) bond motifs is 1. The monoisotopic (exact) mass is 516 g/mol. The van der Waals surface area contributed by atoms with Crippen molar-refractivity contribution in [1.29, 1.82) is 0 Å². The summed E-state index contributed by atoms with van der Waals surface area (Å²) in [6.07, 6.45) is 1.41. The number of hydrogen-bond acceptors (Lipinski definition) is 8. The topological polar surface area (TPSA) is 119 Å². The summed E-state index contributed by atoms with van der Waals surface area (Å²) in [7, 11) is 0. The number of aryl methyl sites for hydroxylation is 3. The molecule has 1 aromatic carbocycles. The summed E-state index contributed by atoms with van der Waals surface area (Å²) in [6, 6.07) is 12.4. The zero-order valence-corrected chi connectivity index (χ0v) is 22.2. The molecule has 1 fully saturated rings. The number of benzene rings is 1. The molecule has 0 saturated carbocycles. The first-order valence-corrected chi connectivity index (χ1v) is 12.6. The number of amides is 1. The SMILES string of the molecule is Cc1cccc(CN2CCN(C(=O)CCc3c(C)nn(-c4ccc5nnc(C)n5n4)c3C)CC2)c1.O=C=O. The van der Waals surface area contributed by atoms with Gasteiger partial charge in [-0.25, -0.2) is 4.68 Å². The van der Waals surface area contributed by atoms with Crippen LogP contribution in [0.3, 0.4) is 0 Å². The molecule has 0 N–H and O–H groups in total. The van der Waals surface area contributed by atoms with Crippen molar-refractivity contribution in [3.63, 3.8) is 0 Å². The van der Waals surface area contributed by atoms with Crippen LogP contribution in [0.5, 0.6) is 0 Å². The van der Waals surface area contributed by atoms with Gasteiger partial charge in [-0.05, 0) is 57.4 Å². The zero-order valence-electron chi connectivity index (χ0n) is 22.2. The van der Waals surface area contributed by atoms with E-state index in [2.05, 4.69) is 51.4 Å². The van der Waals surface area contributed by atoms with Crippen LogP contribution in [0.4, 0.5) is 0 Å². The molecule has 0 aliphatic carbocycles. The molecule has 5 rings (SSSR count). The highest BCUT2D eigenvalue weighted by molar-refractivity contribution is 5.76. The largest absolute Gasteiger partial charge is 0.373 e. The number of nitrogens with zero attached hydrogens (tertiary/aromatic N) is 8. The Kier molecular flexibility index (Phi) is 8.40. The fourth-order valence-electron chi connectivity index (χ4n) is 4.87. The molecule has 0 bridgehead atoms. The summed E-state index contributed by atoms with van der Waals surface area (Å²) in [6.45, 7) is 12.4. The van der Waals surface area contributed by atoms with Crippen molar-refractivity contribution in [3.8, 4) is 5.82 Å². The van der Waals surface area contributed by atoms with Crippen LogP contribution in [0.25, 0.3) is 11.5 Å². The highest BCUT2D eigenvalue weighted by atomic mass is 16.2. The van der Waals surface area contributed by atoms with Gasteiger partial charge in [0.25, 0.3) is 0 Å². The van der Waals surface area contributed by atoms with Crippen molar-refractivity contribution in [2.45, 2.75) is 47.1 Å². The molecule has 1 aliphatic rings. The lowest BCUT2D eigenvalue weighted by Crippen LogP contribution is -2.48. The quantitative estimate of drug-likeness (QED) is 0.383. The lowest BCUT2D eigenvalue weighted by atomic mass is 10.1. The third-order valence-corrected chi connectivity index (χ3v) is 6.87. The van der Waals surface area contributed by atoms with Crippen LogP contribution >= 0.6 is 0 Å². The molecule has 11 nitrogen and oxygen atoms in total. The molecule has 198 valence electrons. The molecule has 0 radical (unpaired) electrons. The van der Waals surface area contributed by atoms with E-state index in [9.17, 15) is 4.79 Å². The van der Waals surface area contributed by atoms with E-state index < -0.39 is 0 Å². The molecular formula is C27H32N8O3. The molecule has 4 aromatic rings. The zero-order chi connectivity index (χ0) is 27.2. The van der Waals surface area contributed by atoms with Gasteiger partial charge in [-0.2, -0.15) is 19.2 Å². The Hall–Kier alpha value is -4.21. The maximum Gasteiger partial charge on any atom is 0.373 e. The van der Waals surface area contributed by atoms with E-state index in [0.29, 0.717) is 24.3 Å². The highest BCUT2D eigenvalue weighted by Gasteiger charge is 2.22. The number of piperazine rings is 1. The third kappa shape index (κ3) is 6.01. The standard InChI is InChI=1S/C26H32N8O.CO2/c1-18-6-5-7-22(16-18)17-31-12-14-32(15-13-31)26(35)11-8-23-19(2)29-33(20(23)3)25-10-9-24-28-27-21(4)34(24)30-25;2-1-3/h5-7,9-10,16H,8,11-15,17H2,1-4H3;. The van der Waals surface area contributed by atoms with Crippen molar-refractivity contribution in [2.75, 3.05) is 26.2 Å². The minimum absolute atomic E-state index is 0.214. The van der Waals surface area contributed by atoms with E-state index in [0.717, 1.165) is 55.5 Å². The molecule has 1 aliphatic heterocycles. The van der Waals surface area contributed by atoms with Gasteiger partial charge in [0.15, 0.2) is 17.3 Å². The van der Waals surface area contributed by atoms with Crippen LogP contribution in [0.1, 0.15) is 40.3 Å². The number of hydrogen-bond donors (Lipinski definition) is 0. The van der Waals surface area contributed by atoms with Crippen LogP contribution in [0.15, 0.2) is 36.4 Å². The van der Waals surface area contributed by atoms with Gasteiger partial charge in [0.2, 0.25) is 5.91 Å². The smallest absolute Gasteiger partial charge is 0.340 e. The van der Waals surface area contributed by atoms with Gasteiger partial charge in [0.1, 0.15) is 0 Å². The number of carbonyl (C=O) groups is 1. The predicted octanol–water partition coefficient (Wildman–Crippen LogP) is 2.24. The van der Waals surface area contributed by atoms with E-state index in [-0.39, 0.29) is 12.1 Å². The summed E-state index contributed by atoms with van der Waals surface area (Å²) in [5.74, 6) is 1.66. The average Bonchev–Trinajstić information content (AvgIpc) is 3.41. The van der Waals surface area contributed by atoms with Gasteiger partial charge in [0, 0.05) is 44.8 Å². The van der Waals surface area contributed by atoms with Crippen LogP contribution in [0, 0.1) is 27.7 Å². The van der Waals surface area contributed by atoms with Crippen molar-refractivity contribution < 1.29 is 14.4 Å². The van der Waals surface area contributed by atoms with Crippen LogP contribution in [-0.2, 0) is 27.3 Å². The van der Waals surface area contributed by atoms with E-state index in [1.807, 2.05) is 42.5 Å². The molecule has 0 unspecified atom stereocenters. The molecule has 1 saturated heterocycles. The molecule has 0 atom stereocenters. The normalized spacial score (nSPS) is 13.7. The molecule has 3 aromatic heterocycles. The van der Waals surface area contributed by atoms with Gasteiger partial charge >= 0.3 is 6.15 Å². The van der Waals surface area contributed by atoms with E-state index >= 15 is 0 Å². The van der Waals surface area contributed by atoms with E-state index in [4.69, 9.17) is 14.7 Å². The van der Waals surface area contributed by atoms with Crippen molar-refractivity contribution in [1.82, 2.24) is 39.4 Å². The molecular weight excluding hydrogens is 484 g/mol. The first-order valence-electron chi connectivity index (χ1n) is 12.6. The van der Waals surface area contributed by atoms with Crippen LogP contribution in [0.2, 0.25) is 0 Å². The Bertz CT molecular complexity index is 1460. The minimum Gasteiger partial charge on any atom is -0.340 e. The maximum atomic E-state index is 13.0. The first-order chi connectivity index (χ1) is 18.3. The van der Waals surface area contributed by atoms with Crippen LogP contribution in [-0.4, -0.2) is 77.6 Å². The minimum atomic E-state index is 0.214. The first kappa shape index (κ1) is 26.8. The Morgan fingerprint density at radius 3 is 2.39 bits per heavy atom. The molecule has 4 heterocycles. The second kappa shape index (κ2) is 11.9. The van der Waals surface area contributed by atoms with Crippen LogP contribution < -0.4 is 0 Å². The Balaban J connectivity index is 0.00000107. The Morgan fingerprint density at radius 1 is 0.947 bits per heavy atom. The average molecular weight is 517 g/mol. The maximum absolute atomic E-state index is 13.0. The third-order valence-electron chi connectivity index (χ3n) is 6.87. The van der Waals surface area contributed by atoms with E-state index in [1.54, 1.807) is 4.52 Å². The van der Waals surface area contributed by atoms with Gasteiger partial charge in [-0.3, -0.25) is 9.69 Å². The second-order valence-corrected chi connectivity index (χ2v) is 9.50. The fourth-order valence-corrected chi connectivity index (χ4v) is 4.87. The summed E-state index contributed by atoms with van der Waals surface area (Å²) in [4.78, 5) is 33.7. The van der Waals surface area contributed by atoms with Crippen molar-refractivity contribution >= 4 is 17.7 Å². The van der Waals surface area contributed by atoms with Crippen molar-refractivity contribution in [2.24, 2.45) is 0 Å². The summed E-state index contributed by atoms with van der Waals surface area (Å²) in [5.41, 5.74) is 6.38. The van der Waals surface area contributed by atoms with Gasteiger partial charge in [-0.1, -0.05) is 29.8 Å². The molecule has 0 spiro atoms. The number of carbonyl (C=O) groups excluding carboxylic acids is 3. The lowest BCUT2D eigenvalue weighted by Gasteiger charge is -2.35. The summed E-state index contributed by atoms with van der Waals surface area (Å²) < 4.78 is 3.56. The molecule has 11 heteroatoms. The fraction of sp³-hybridized carbons (Fsp3) is 0.407. The van der Waals surface area contributed by atoms with E-state index in [1.165, 1.54) is 11.1 Å². The Morgan fingerprint density at radius 2 is 1.68 bits per heavy atom. The highest BCUT2D eigenvalue weighted by Crippen LogP contribution is 2.20. The van der Waals surface area contributed by atoms with Crippen molar-refractivity contribution in [3.05, 3.63) is 70.3 Å². The summed E-state index contributed by atoms with van der Waals surface area (Å²) in [5, 5.41) is 17.5. The molecule has 1 amide bonds. The van der Waals surface area contributed by atoms with Gasteiger partial charge in [0.05, 0.1) is 5.69 Å².